The van der Waals surface area contributed by atoms with Crippen LogP contribution in [0.15, 0.2) is 40.5 Å². The zero-order chi connectivity index (χ0) is 23.6. The minimum absolute atomic E-state index is 0.0426. The number of rotatable bonds is 6. The third-order valence-electron chi connectivity index (χ3n) is 7.25. The van der Waals surface area contributed by atoms with Crippen LogP contribution in [0.4, 0.5) is 0 Å². The van der Waals surface area contributed by atoms with E-state index in [9.17, 15) is 9.59 Å². The average molecular weight is 451 g/mol. The second kappa shape index (κ2) is 9.82. The number of ketones is 1. The normalized spacial score (nSPS) is 24.9. The summed E-state index contributed by atoms with van der Waals surface area (Å²) in [6.45, 7) is 10.5. The SMILES string of the molecule is CCCCOc1ccccc1[C@@H]1C(C(=O)N2CCCCC2)=C(C)N=C2CC(C)(C)CC(=O)C21. The largest absolute Gasteiger partial charge is 0.493 e. The van der Waals surface area contributed by atoms with Crippen LogP contribution in [0.1, 0.15) is 84.1 Å². The zero-order valence-electron chi connectivity index (χ0n) is 20.7. The Balaban J connectivity index is 1.81. The predicted octanol–water partition coefficient (Wildman–Crippen LogP) is 5.70. The monoisotopic (exact) mass is 450 g/mol. The van der Waals surface area contributed by atoms with Crippen molar-refractivity contribution in [1.82, 2.24) is 4.90 Å². The van der Waals surface area contributed by atoms with Gasteiger partial charge in [-0.15, -0.1) is 0 Å². The van der Waals surface area contributed by atoms with Crippen molar-refractivity contribution in [3.8, 4) is 5.75 Å². The molecule has 1 aromatic carbocycles. The first-order valence-electron chi connectivity index (χ1n) is 12.6. The van der Waals surface area contributed by atoms with Crippen molar-refractivity contribution in [2.75, 3.05) is 19.7 Å². The molecule has 1 aliphatic carbocycles. The fraction of sp³-hybridized carbons (Fsp3) is 0.607. The number of piperidine rings is 1. The summed E-state index contributed by atoms with van der Waals surface area (Å²) in [5.41, 5.74) is 3.21. The first kappa shape index (κ1) is 23.7. The number of hydrogen-bond donors (Lipinski definition) is 0. The Morgan fingerprint density at radius 1 is 1.12 bits per heavy atom. The van der Waals surface area contributed by atoms with Gasteiger partial charge in [-0.1, -0.05) is 45.4 Å². The van der Waals surface area contributed by atoms with Crippen molar-refractivity contribution < 1.29 is 14.3 Å². The molecular formula is C28H38N2O3. The van der Waals surface area contributed by atoms with Gasteiger partial charge < -0.3 is 9.64 Å². The fourth-order valence-electron chi connectivity index (χ4n) is 5.67. The van der Waals surface area contributed by atoms with E-state index in [1.807, 2.05) is 36.1 Å². The van der Waals surface area contributed by atoms with Crippen molar-refractivity contribution >= 4 is 17.4 Å². The lowest BCUT2D eigenvalue weighted by atomic mass is 9.63. The van der Waals surface area contributed by atoms with Crippen molar-refractivity contribution in [2.45, 2.75) is 78.6 Å². The molecule has 0 aromatic heterocycles. The molecule has 1 saturated heterocycles. The Hall–Kier alpha value is -2.43. The number of aliphatic imine (C=N–C) groups is 1. The van der Waals surface area contributed by atoms with Crippen molar-refractivity contribution in [3.63, 3.8) is 0 Å². The van der Waals surface area contributed by atoms with Gasteiger partial charge in [0.1, 0.15) is 11.5 Å². The van der Waals surface area contributed by atoms with Gasteiger partial charge >= 0.3 is 0 Å². The molecule has 1 amide bonds. The highest BCUT2D eigenvalue weighted by molar-refractivity contribution is 6.12. The third-order valence-corrected chi connectivity index (χ3v) is 7.25. The molecule has 1 unspecified atom stereocenters. The number of benzene rings is 1. The molecule has 5 heteroatoms. The van der Waals surface area contributed by atoms with Crippen LogP contribution in [0, 0.1) is 11.3 Å². The number of likely N-dealkylation sites (tertiary alicyclic amines) is 1. The van der Waals surface area contributed by atoms with Crippen LogP contribution < -0.4 is 4.74 Å². The van der Waals surface area contributed by atoms with E-state index in [0.29, 0.717) is 18.6 Å². The van der Waals surface area contributed by atoms with Gasteiger partial charge in [0, 0.05) is 48.0 Å². The first-order valence-corrected chi connectivity index (χ1v) is 12.6. The summed E-state index contributed by atoms with van der Waals surface area (Å²) in [6, 6.07) is 7.98. The van der Waals surface area contributed by atoms with Gasteiger partial charge in [-0.3, -0.25) is 14.6 Å². The molecule has 2 atom stereocenters. The number of allylic oxidation sites excluding steroid dienone is 1. The van der Waals surface area contributed by atoms with E-state index < -0.39 is 0 Å². The number of Topliss-reactive ketones (excluding diaryl/α,β-unsaturated/α-hetero) is 1. The van der Waals surface area contributed by atoms with Gasteiger partial charge in [-0.2, -0.15) is 0 Å². The Morgan fingerprint density at radius 3 is 2.58 bits per heavy atom. The minimum Gasteiger partial charge on any atom is -0.493 e. The third kappa shape index (κ3) is 4.92. The molecule has 4 rings (SSSR count). The van der Waals surface area contributed by atoms with E-state index in [0.717, 1.165) is 74.3 Å². The number of fused-ring (bicyclic) bond motifs is 1. The smallest absolute Gasteiger partial charge is 0.252 e. The van der Waals surface area contributed by atoms with E-state index in [1.165, 1.54) is 0 Å². The Bertz CT molecular complexity index is 969. The summed E-state index contributed by atoms with van der Waals surface area (Å²) in [6.07, 6.45) is 6.54. The number of carbonyl (C=O) groups excluding carboxylic acids is 2. The molecule has 2 aliphatic heterocycles. The molecule has 5 nitrogen and oxygen atoms in total. The lowest BCUT2D eigenvalue weighted by molar-refractivity contribution is -0.128. The Morgan fingerprint density at radius 2 is 1.85 bits per heavy atom. The van der Waals surface area contributed by atoms with E-state index in [2.05, 4.69) is 20.8 Å². The molecule has 1 saturated carbocycles. The fourth-order valence-corrected chi connectivity index (χ4v) is 5.67. The molecular weight excluding hydrogens is 412 g/mol. The van der Waals surface area contributed by atoms with Crippen molar-refractivity contribution in [3.05, 3.63) is 41.1 Å². The van der Waals surface area contributed by atoms with Crippen LogP contribution >= 0.6 is 0 Å². The summed E-state index contributed by atoms with van der Waals surface area (Å²) >= 11 is 0. The molecule has 3 aliphatic rings. The topological polar surface area (TPSA) is 59.0 Å². The summed E-state index contributed by atoms with van der Waals surface area (Å²) in [7, 11) is 0. The van der Waals surface area contributed by atoms with Crippen LogP contribution in [0.5, 0.6) is 5.75 Å². The molecule has 0 radical (unpaired) electrons. The van der Waals surface area contributed by atoms with E-state index in [1.54, 1.807) is 0 Å². The maximum absolute atomic E-state index is 13.9. The summed E-state index contributed by atoms with van der Waals surface area (Å²) in [4.78, 5) is 34.3. The number of nitrogens with zero attached hydrogens (tertiary/aromatic N) is 2. The number of unbranched alkanes of at least 4 members (excludes halogenated alkanes) is 1. The average Bonchev–Trinajstić information content (AvgIpc) is 2.78. The van der Waals surface area contributed by atoms with Crippen LogP contribution in [0.25, 0.3) is 0 Å². The van der Waals surface area contributed by atoms with E-state index in [4.69, 9.17) is 9.73 Å². The minimum atomic E-state index is -0.388. The zero-order valence-corrected chi connectivity index (χ0v) is 20.7. The first-order chi connectivity index (χ1) is 15.8. The Labute approximate surface area is 198 Å². The second-order valence-electron chi connectivity index (χ2n) is 10.6. The van der Waals surface area contributed by atoms with Gasteiger partial charge in [-0.05, 0) is 50.5 Å². The van der Waals surface area contributed by atoms with Gasteiger partial charge in [-0.25, -0.2) is 0 Å². The standard InChI is InChI=1S/C28H38N2O3/c1-5-6-16-33-23-13-9-8-12-20(23)25-24(27(32)30-14-10-7-11-15-30)19(2)29-21-17-28(3,4)18-22(31)26(21)25/h8-9,12-13,25-26H,5-7,10-11,14-18H2,1-4H3/t25-,26?/m1/s1. The summed E-state index contributed by atoms with van der Waals surface area (Å²) in [5.74, 6) is 0.289. The van der Waals surface area contributed by atoms with Crippen LogP contribution in [0.3, 0.4) is 0 Å². The van der Waals surface area contributed by atoms with Gasteiger partial charge in [0.15, 0.2) is 0 Å². The highest BCUT2D eigenvalue weighted by Gasteiger charge is 2.48. The lowest BCUT2D eigenvalue weighted by Gasteiger charge is -2.42. The highest BCUT2D eigenvalue weighted by Crippen LogP contribution is 2.49. The number of ether oxygens (including phenoxy) is 1. The second-order valence-corrected chi connectivity index (χ2v) is 10.6. The van der Waals surface area contributed by atoms with Crippen LogP contribution in [-0.4, -0.2) is 42.0 Å². The van der Waals surface area contributed by atoms with Crippen molar-refractivity contribution in [2.24, 2.45) is 16.3 Å². The predicted molar refractivity (Wildman–Crippen MR) is 132 cm³/mol. The maximum atomic E-state index is 13.9. The molecule has 2 heterocycles. The van der Waals surface area contributed by atoms with Gasteiger partial charge in [0.05, 0.1) is 12.5 Å². The summed E-state index contributed by atoms with van der Waals surface area (Å²) < 4.78 is 6.20. The number of amides is 1. The molecule has 0 N–H and O–H groups in total. The molecule has 33 heavy (non-hydrogen) atoms. The van der Waals surface area contributed by atoms with Crippen LogP contribution in [0.2, 0.25) is 0 Å². The highest BCUT2D eigenvalue weighted by atomic mass is 16.5. The van der Waals surface area contributed by atoms with E-state index >= 15 is 0 Å². The van der Waals surface area contributed by atoms with Crippen LogP contribution in [-0.2, 0) is 9.59 Å². The maximum Gasteiger partial charge on any atom is 0.252 e. The molecule has 178 valence electrons. The van der Waals surface area contributed by atoms with Gasteiger partial charge in [0.2, 0.25) is 0 Å². The Kier molecular flexibility index (Phi) is 7.06. The number of para-hydroxylation sites is 1. The molecule has 0 bridgehead atoms. The molecule has 1 aromatic rings. The lowest BCUT2D eigenvalue weighted by Crippen LogP contribution is -2.46. The quantitative estimate of drug-likeness (QED) is 0.523. The number of carbonyl (C=O) groups is 2. The van der Waals surface area contributed by atoms with E-state index in [-0.39, 0.29) is 28.9 Å². The molecule has 0 spiro atoms. The van der Waals surface area contributed by atoms with Crippen molar-refractivity contribution in [1.29, 1.82) is 0 Å². The summed E-state index contributed by atoms with van der Waals surface area (Å²) in [5, 5.41) is 0. The number of hydrogen-bond acceptors (Lipinski definition) is 4. The molecule has 2 fully saturated rings. The van der Waals surface area contributed by atoms with Gasteiger partial charge in [0.25, 0.3) is 5.91 Å².